The van der Waals surface area contributed by atoms with E-state index in [1.165, 1.54) is 50.8 Å². The Hall–Kier alpha value is -10.9. The number of carbonyl (C=O) groups excluding carboxylic acids is 3. The molecule has 3 aliphatic rings. The Balaban J connectivity index is 0.922. The van der Waals surface area contributed by atoms with Crippen LogP contribution < -0.4 is 46.8 Å². The van der Waals surface area contributed by atoms with E-state index in [1.807, 2.05) is 111 Å². The molecule has 0 saturated carbocycles. The molecule has 3 aliphatic heterocycles. The standard InChI is InChI=1S/C86H92Cl2N15O18P2/c1-49(2)78(104)96-83-94-76-73(81(107)98-83)90-47-101(76)70-43-64(119-122(114-40-20-38-89)103(51(5)6)52(7)8)67(117-70)46-115-123(110,120-63-28-18-17-27-62(63)88)121-65-44-71(102-48-91-74-77(102)95-84(99-82(74)108)97-79(105)50(3)4)118-75(65)72(54-23-19-26-58(87)41-54)61-42-69(100-39-37-68(93-85(100)109)92-80(106)53-21-13-11-14-22-53)116-66(61)45-113-86(55-24-15-12-16-25-55,56-29-33-59(111-9)34-30-56)57-31-35-60(112-10)36-32-57/h11-19,21-25,27-37,39,41,47-52,61,64-67,69-72,75H,20,40,42-46H2,1-10H3,(H,92,93,106,109)(H2,94,96,98,104,107)(H2,95,97,99,105,108)/t61-,64+,65+,66+,67-,69-,70-,71-,72?,75+,122?,123?/m1/s1. The number of carbonyl (C=O) groups is 3. The van der Waals surface area contributed by atoms with E-state index in [2.05, 4.69) is 58.0 Å². The fourth-order valence-electron chi connectivity index (χ4n) is 15.3. The number of nitriles is 1. The third-order valence-corrected chi connectivity index (χ3v) is 25.3. The second-order valence-electron chi connectivity index (χ2n) is 30.7. The number of rotatable bonds is 35. The Kier molecular flexibility index (Phi) is 27.9. The van der Waals surface area contributed by atoms with E-state index < -0.39 is 136 Å². The minimum Gasteiger partial charge on any atom is -0.497 e. The maximum atomic E-state index is 17.2. The molecular formula is C86H92Cl2N15O18P2. The van der Waals surface area contributed by atoms with Crippen LogP contribution in [-0.4, -0.2) is 148 Å². The first-order chi connectivity index (χ1) is 59.2. The van der Waals surface area contributed by atoms with Crippen molar-refractivity contribution in [1.29, 1.82) is 5.26 Å². The summed E-state index contributed by atoms with van der Waals surface area (Å²) in [5.41, 5.74) is -1.10. The number of ether oxygens (including phenoxy) is 6. The maximum Gasteiger partial charge on any atom is 0.530 e. The predicted octanol–water partition coefficient (Wildman–Crippen LogP) is 14.6. The number of phosphoric ester groups is 1. The van der Waals surface area contributed by atoms with Crippen molar-refractivity contribution in [2.24, 2.45) is 17.8 Å². The number of anilines is 3. The lowest BCUT2D eigenvalue weighted by molar-refractivity contribution is -0.119. The average Bonchev–Trinajstić information content (AvgIpc) is 1.44. The number of aromatic nitrogens is 10. The molecule has 11 aromatic rings. The van der Waals surface area contributed by atoms with Crippen LogP contribution in [0.1, 0.15) is 138 Å². The van der Waals surface area contributed by atoms with Crippen molar-refractivity contribution in [3.8, 4) is 23.3 Å². The van der Waals surface area contributed by atoms with E-state index in [1.54, 1.807) is 103 Å². The lowest BCUT2D eigenvalue weighted by Gasteiger charge is -2.39. The van der Waals surface area contributed by atoms with E-state index in [9.17, 15) is 34.0 Å². The minimum atomic E-state index is -5.35. The summed E-state index contributed by atoms with van der Waals surface area (Å²) in [5.74, 6) is -3.87. The number of amides is 3. The minimum absolute atomic E-state index is 0.0137. The Bertz CT molecular complexity index is 5800. The van der Waals surface area contributed by atoms with Gasteiger partial charge < -0.3 is 47.3 Å². The van der Waals surface area contributed by atoms with E-state index in [4.69, 9.17) is 79.2 Å². The van der Waals surface area contributed by atoms with Crippen LogP contribution in [0.25, 0.3) is 22.3 Å². The number of halogens is 2. The second-order valence-corrected chi connectivity index (χ2v) is 34.4. The van der Waals surface area contributed by atoms with Crippen LogP contribution in [0, 0.1) is 35.2 Å². The molecule has 33 nitrogen and oxygen atoms in total. The van der Waals surface area contributed by atoms with Crippen molar-refractivity contribution in [2.45, 2.75) is 154 Å². The zero-order chi connectivity index (χ0) is 87.0. The van der Waals surface area contributed by atoms with Crippen LogP contribution in [0.3, 0.4) is 0 Å². The van der Waals surface area contributed by atoms with E-state index in [0.29, 0.717) is 39.3 Å². The van der Waals surface area contributed by atoms with Crippen molar-refractivity contribution in [3.05, 3.63) is 252 Å². The summed E-state index contributed by atoms with van der Waals surface area (Å²) < 4.78 is 98.8. The van der Waals surface area contributed by atoms with Crippen LogP contribution in [0.2, 0.25) is 10.0 Å². The van der Waals surface area contributed by atoms with Crippen LogP contribution in [0.15, 0.2) is 191 Å². The molecule has 3 amide bonds. The number of imidazole rings is 2. The molecule has 8 heterocycles. The first kappa shape index (κ1) is 88.4. The van der Waals surface area contributed by atoms with Gasteiger partial charge in [-0.05, 0) is 117 Å². The van der Waals surface area contributed by atoms with Gasteiger partial charge in [0.25, 0.3) is 25.6 Å². The number of fused-ring (bicyclic) bond motifs is 2. The van der Waals surface area contributed by atoms with E-state index in [0.717, 1.165) is 0 Å². The largest absolute Gasteiger partial charge is 0.530 e. The number of H-pyrrole nitrogens is 2. The Morgan fingerprint density at radius 3 is 1.78 bits per heavy atom. The van der Waals surface area contributed by atoms with Gasteiger partial charge in [-0.25, -0.2) is 24.0 Å². The van der Waals surface area contributed by atoms with Gasteiger partial charge in [-0.15, -0.1) is 0 Å². The zero-order valence-corrected chi connectivity index (χ0v) is 72.0. The molecule has 14 rings (SSSR count). The molecule has 5 aromatic heterocycles. The summed E-state index contributed by atoms with van der Waals surface area (Å²) >= 11 is 14.2. The summed E-state index contributed by atoms with van der Waals surface area (Å²) in [6.45, 7) is 13.6. The number of nitrogens with zero attached hydrogens (tertiary/aromatic N) is 10. The quantitative estimate of drug-likeness (QED) is 0.0140. The first-order valence-corrected chi connectivity index (χ1v) is 43.3. The summed E-state index contributed by atoms with van der Waals surface area (Å²) in [6, 6.07) is 50.5. The molecule has 643 valence electrons. The van der Waals surface area contributed by atoms with Gasteiger partial charge in [0.15, 0.2) is 22.3 Å². The molecule has 5 N–H and O–H groups in total. The van der Waals surface area contributed by atoms with Crippen LogP contribution in [0.4, 0.5) is 17.7 Å². The highest BCUT2D eigenvalue weighted by Crippen LogP contribution is 2.59. The molecule has 3 saturated heterocycles. The van der Waals surface area contributed by atoms with Gasteiger partial charge in [0, 0.05) is 71.4 Å². The van der Waals surface area contributed by atoms with Gasteiger partial charge in [0.2, 0.25) is 23.7 Å². The fourth-order valence-corrected chi connectivity index (χ4v) is 18.9. The molecule has 6 aromatic carbocycles. The third kappa shape index (κ3) is 19.8. The molecule has 3 unspecified atom stereocenters. The highest BCUT2D eigenvalue weighted by molar-refractivity contribution is 7.49. The molecular weight excluding hydrogens is 1660 g/mol. The molecule has 0 spiro atoms. The van der Waals surface area contributed by atoms with Crippen molar-refractivity contribution >= 4 is 97.3 Å². The number of benzene rings is 6. The Morgan fingerprint density at radius 1 is 0.667 bits per heavy atom. The number of phosphoric acid groups is 1. The number of nitrogens with one attached hydrogen (secondary N) is 5. The van der Waals surface area contributed by atoms with E-state index in [-0.39, 0.29) is 107 Å². The Morgan fingerprint density at radius 2 is 1.22 bits per heavy atom. The number of methoxy groups -OCH3 is 2. The molecule has 12 atom stereocenters. The molecule has 1 radical (unpaired) electrons. The monoisotopic (exact) mass is 1750 g/mol. The number of para-hydroxylation sites is 1. The number of aromatic amines is 2. The summed E-state index contributed by atoms with van der Waals surface area (Å²) in [7, 11) is -4.26. The van der Waals surface area contributed by atoms with Crippen molar-refractivity contribution in [1.82, 2.24) is 53.3 Å². The predicted molar refractivity (Wildman–Crippen MR) is 457 cm³/mol. The normalized spacial score (nSPS) is 20.1. The lowest BCUT2D eigenvalue weighted by atomic mass is 9.76. The molecule has 0 bridgehead atoms. The SMILES string of the molecule is COc1ccc(C(OC[C@@H]2O[C@@H](n3ccc(NC(=O)c4ccccc4)nc3=O)C[C@H]2C(c2cc[c]c(Cl)c2)[C@H]2O[C@@H](n3cnc4c(=O)[nH]c(NC(=O)C(C)C)nc43)C[C@@H]2OP(=O)(OC[C@H]2O[C@@H](n3cnc4c(=O)[nH]c(NC(=O)C(C)C)nc43)C[C@@H]2OP(OCCC#N)N(C(C)C)C(C)C)Oc2ccccc2Cl)(c2ccccc2)c2ccc(OC)cc2)cc1. The van der Waals surface area contributed by atoms with Crippen LogP contribution >= 0.6 is 39.6 Å². The average molecular weight is 1760 g/mol. The fraction of sp³-hybridized carbons (Fsp3) is 0.372. The lowest BCUT2D eigenvalue weighted by Crippen LogP contribution is -2.41. The van der Waals surface area contributed by atoms with Crippen LogP contribution in [0.5, 0.6) is 17.2 Å². The highest BCUT2D eigenvalue weighted by atomic mass is 35.5. The van der Waals surface area contributed by atoms with Gasteiger partial charge in [0.05, 0.1) is 82.5 Å². The van der Waals surface area contributed by atoms with Gasteiger partial charge in [-0.2, -0.15) is 20.2 Å². The third-order valence-electron chi connectivity index (χ3n) is 21.2. The van der Waals surface area contributed by atoms with Crippen molar-refractivity contribution < 1.29 is 70.0 Å². The number of hydrogen-bond donors (Lipinski definition) is 5. The first-order valence-electron chi connectivity index (χ1n) is 40.0. The second kappa shape index (κ2) is 38.9. The smallest absolute Gasteiger partial charge is 0.497 e. The zero-order valence-electron chi connectivity index (χ0n) is 68.7. The summed E-state index contributed by atoms with van der Waals surface area (Å²) in [4.78, 5) is 111. The van der Waals surface area contributed by atoms with Crippen molar-refractivity contribution in [3.63, 3.8) is 0 Å². The van der Waals surface area contributed by atoms with Crippen molar-refractivity contribution in [2.75, 3.05) is 50.0 Å². The Labute approximate surface area is 718 Å². The van der Waals surface area contributed by atoms with Gasteiger partial charge in [-0.3, -0.25) is 67.3 Å². The number of hydrogen-bond acceptors (Lipinski definition) is 25. The molecule has 37 heteroatoms. The van der Waals surface area contributed by atoms with Crippen LogP contribution in [-0.2, 0) is 56.8 Å². The van der Waals surface area contributed by atoms with Gasteiger partial charge in [0.1, 0.15) is 59.6 Å². The maximum absolute atomic E-state index is 17.2. The molecule has 0 aliphatic carbocycles. The highest BCUT2D eigenvalue weighted by Gasteiger charge is 2.55. The van der Waals surface area contributed by atoms with Gasteiger partial charge >= 0.3 is 13.5 Å². The molecule has 123 heavy (non-hydrogen) atoms. The summed E-state index contributed by atoms with van der Waals surface area (Å²) in [5, 5.41) is 18.0. The molecule has 3 fully saturated rings. The summed E-state index contributed by atoms with van der Waals surface area (Å²) in [6.07, 6.45) is -6.06. The van der Waals surface area contributed by atoms with Gasteiger partial charge in [-0.1, -0.05) is 148 Å². The topological polar surface area (TPSA) is 395 Å². The van der Waals surface area contributed by atoms with E-state index >= 15 is 4.57 Å².